The Morgan fingerprint density at radius 1 is 1.19 bits per heavy atom. The second-order valence-electron chi connectivity index (χ2n) is 8.93. The Kier molecular flexibility index (Phi) is 5.90. The molecule has 7 nitrogen and oxygen atoms in total. The van der Waals surface area contributed by atoms with Crippen molar-refractivity contribution in [3.63, 3.8) is 0 Å². The second-order valence-corrected chi connectivity index (χ2v) is 9.87. The van der Waals surface area contributed by atoms with E-state index in [2.05, 4.69) is 42.4 Å². The van der Waals surface area contributed by atoms with E-state index in [1.807, 2.05) is 48.2 Å². The van der Waals surface area contributed by atoms with E-state index in [1.165, 1.54) is 11.8 Å². The molecule has 0 radical (unpaired) electrons. The van der Waals surface area contributed by atoms with E-state index in [-0.39, 0.29) is 23.0 Å². The first-order chi connectivity index (χ1) is 15.2. The summed E-state index contributed by atoms with van der Waals surface area (Å²) in [5.41, 5.74) is 4.01. The zero-order valence-electron chi connectivity index (χ0n) is 19.0. The Labute approximate surface area is 192 Å². The predicted molar refractivity (Wildman–Crippen MR) is 126 cm³/mol. The molecule has 0 fully saturated rings. The van der Waals surface area contributed by atoms with E-state index in [9.17, 15) is 9.59 Å². The van der Waals surface area contributed by atoms with E-state index in [4.69, 9.17) is 0 Å². The van der Waals surface area contributed by atoms with Gasteiger partial charge >= 0.3 is 0 Å². The van der Waals surface area contributed by atoms with Crippen LogP contribution in [-0.4, -0.2) is 43.2 Å². The quantitative estimate of drug-likeness (QED) is 0.419. The molecule has 1 aromatic heterocycles. The summed E-state index contributed by atoms with van der Waals surface area (Å²) in [5, 5.41) is 12.5. The largest absolute Gasteiger partial charge is 0.306 e. The molecule has 1 amide bonds. The molecule has 1 aliphatic heterocycles. The Morgan fingerprint density at radius 3 is 2.59 bits per heavy atom. The first-order valence-electron chi connectivity index (χ1n) is 10.6. The van der Waals surface area contributed by atoms with Crippen molar-refractivity contribution in [3.05, 3.63) is 59.2 Å². The van der Waals surface area contributed by atoms with Crippen molar-refractivity contribution >= 4 is 29.1 Å². The number of hydrogen-bond donors (Lipinski definition) is 0. The highest BCUT2D eigenvalue weighted by Gasteiger charge is 2.40. The summed E-state index contributed by atoms with van der Waals surface area (Å²) < 4.78 is 1.63. The number of hydrogen-bond acceptors (Lipinski definition) is 6. The third kappa shape index (κ3) is 4.07. The number of rotatable bonds is 5. The summed E-state index contributed by atoms with van der Waals surface area (Å²) in [7, 11) is 0. The van der Waals surface area contributed by atoms with Crippen LogP contribution in [0.1, 0.15) is 61.5 Å². The fraction of sp³-hybridized carbons (Fsp3) is 0.375. The number of para-hydroxylation sites is 1. The number of thioether (sulfide) groups is 1. The van der Waals surface area contributed by atoms with Gasteiger partial charge in [-0.05, 0) is 79.8 Å². The number of benzene rings is 2. The van der Waals surface area contributed by atoms with Gasteiger partial charge in [0.25, 0.3) is 0 Å². The first-order valence-corrected chi connectivity index (χ1v) is 11.6. The Bertz CT molecular complexity index is 1170. The van der Waals surface area contributed by atoms with Crippen molar-refractivity contribution in [2.24, 2.45) is 0 Å². The van der Waals surface area contributed by atoms with Gasteiger partial charge in [0, 0.05) is 16.8 Å². The Morgan fingerprint density at radius 2 is 1.91 bits per heavy atom. The normalized spacial score (nSPS) is 17.2. The van der Waals surface area contributed by atoms with Gasteiger partial charge < -0.3 is 4.90 Å². The van der Waals surface area contributed by atoms with E-state index in [0.29, 0.717) is 16.6 Å². The molecule has 4 rings (SSSR count). The standard InChI is InChI=1S/C24H27N5O2S/c1-15-11-20-16(2)13-24(4,5)28(21(20)12-19(15)17(3)30)22(31)14-32-23-25-26-27-29(23)18-9-7-6-8-10-18/h6-12,16H,13-14H2,1-5H3/t16-/m1/s1. The maximum Gasteiger partial charge on any atom is 0.237 e. The van der Waals surface area contributed by atoms with Crippen LogP contribution in [0.4, 0.5) is 5.69 Å². The molecule has 2 aromatic carbocycles. The number of fused-ring (bicyclic) bond motifs is 1. The number of ketones is 1. The molecule has 1 atom stereocenters. The van der Waals surface area contributed by atoms with Gasteiger partial charge in [0.1, 0.15) is 0 Å². The molecule has 3 aromatic rings. The van der Waals surface area contributed by atoms with Gasteiger partial charge in [-0.25, -0.2) is 0 Å². The molecular formula is C24H27N5O2S. The average Bonchev–Trinajstić information content (AvgIpc) is 3.21. The van der Waals surface area contributed by atoms with Crippen LogP contribution in [0.3, 0.4) is 0 Å². The van der Waals surface area contributed by atoms with Crippen LogP contribution >= 0.6 is 11.8 Å². The summed E-state index contributed by atoms with van der Waals surface area (Å²) in [4.78, 5) is 27.6. The van der Waals surface area contributed by atoms with E-state index in [0.717, 1.165) is 28.9 Å². The lowest BCUT2D eigenvalue weighted by Crippen LogP contribution is -2.52. The monoisotopic (exact) mass is 449 g/mol. The molecule has 0 bridgehead atoms. The van der Waals surface area contributed by atoms with Gasteiger partial charge in [-0.15, -0.1) is 5.10 Å². The molecule has 32 heavy (non-hydrogen) atoms. The number of carbonyl (C=O) groups is 2. The molecule has 2 heterocycles. The third-order valence-electron chi connectivity index (χ3n) is 5.95. The summed E-state index contributed by atoms with van der Waals surface area (Å²) in [6.45, 7) is 9.86. The molecule has 0 saturated heterocycles. The zero-order valence-corrected chi connectivity index (χ0v) is 19.8. The van der Waals surface area contributed by atoms with Crippen LogP contribution in [0, 0.1) is 6.92 Å². The van der Waals surface area contributed by atoms with Crippen LogP contribution in [0.25, 0.3) is 5.69 Å². The number of tetrazole rings is 1. The number of amides is 1. The van der Waals surface area contributed by atoms with Crippen molar-refractivity contribution < 1.29 is 9.59 Å². The van der Waals surface area contributed by atoms with Crippen molar-refractivity contribution in [1.82, 2.24) is 20.2 Å². The number of anilines is 1. The molecule has 8 heteroatoms. The van der Waals surface area contributed by atoms with Crippen molar-refractivity contribution in [3.8, 4) is 5.69 Å². The lowest BCUT2D eigenvalue weighted by molar-refractivity contribution is -0.117. The number of carbonyl (C=O) groups excluding carboxylic acids is 2. The summed E-state index contributed by atoms with van der Waals surface area (Å²) in [6.07, 6.45) is 0.844. The maximum atomic E-state index is 13.5. The van der Waals surface area contributed by atoms with E-state index < -0.39 is 0 Å². The number of aryl methyl sites for hydroxylation is 1. The van der Waals surface area contributed by atoms with Crippen LogP contribution in [-0.2, 0) is 4.79 Å². The third-order valence-corrected chi connectivity index (χ3v) is 6.86. The highest BCUT2D eigenvalue weighted by molar-refractivity contribution is 7.99. The molecule has 0 N–H and O–H groups in total. The fourth-order valence-corrected chi connectivity index (χ4v) is 5.37. The zero-order chi connectivity index (χ0) is 23.0. The Balaban J connectivity index is 1.64. The molecule has 166 valence electrons. The molecule has 0 unspecified atom stereocenters. The van der Waals surface area contributed by atoms with Crippen LogP contribution in [0.5, 0.6) is 0 Å². The maximum absolute atomic E-state index is 13.5. The highest BCUT2D eigenvalue weighted by atomic mass is 32.2. The second kappa shape index (κ2) is 8.50. The lowest BCUT2D eigenvalue weighted by atomic mass is 9.78. The van der Waals surface area contributed by atoms with Crippen molar-refractivity contribution in [2.45, 2.75) is 57.7 Å². The highest BCUT2D eigenvalue weighted by Crippen LogP contribution is 2.44. The SMILES string of the molecule is CC(=O)c1cc2c(cc1C)[C@H](C)CC(C)(C)N2C(=O)CSc1nnnn1-c1ccccc1. The number of Topliss-reactive ketones (excluding diaryl/α,β-unsaturated/α-hetero) is 1. The Hall–Kier alpha value is -3.00. The van der Waals surface area contributed by atoms with Gasteiger partial charge in [0.05, 0.1) is 11.4 Å². The minimum Gasteiger partial charge on any atom is -0.306 e. The minimum absolute atomic E-state index is 0.00476. The molecule has 0 aliphatic carbocycles. The lowest BCUT2D eigenvalue weighted by Gasteiger charge is -2.46. The first kappa shape index (κ1) is 22.2. The summed E-state index contributed by atoms with van der Waals surface area (Å²) in [6, 6.07) is 13.5. The van der Waals surface area contributed by atoms with Crippen molar-refractivity contribution in [2.75, 3.05) is 10.7 Å². The topological polar surface area (TPSA) is 81.0 Å². The fourth-order valence-electron chi connectivity index (χ4n) is 4.63. The molecular weight excluding hydrogens is 422 g/mol. The molecule has 0 spiro atoms. The summed E-state index contributed by atoms with van der Waals surface area (Å²) >= 11 is 1.31. The van der Waals surface area contributed by atoms with Gasteiger partial charge in [0.15, 0.2) is 5.78 Å². The number of aromatic nitrogens is 4. The summed E-state index contributed by atoms with van der Waals surface area (Å²) in [5.74, 6) is 0.453. The smallest absolute Gasteiger partial charge is 0.237 e. The van der Waals surface area contributed by atoms with Crippen LogP contribution < -0.4 is 4.90 Å². The average molecular weight is 450 g/mol. The van der Waals surface area contributed by atoms with Gasteiger partial charge in [-0.3, -0.25) is 9.59 Å². The molecule has 0 saturated carbocycles. The van der Waals surface area contributed by atoms with Crippen LogP contribution in [0.15, 0.2) is 47.6 Å². The van der Waals surface area contributed by atoms with Gasteiger partial charge in [0.2, 0.25) is 11.1 Å². The predicted octanol–water partition coefficient (Wildman–Crippen LogP) is 4.58. The minimum atomic E-state index is -0.376. The van der Waals surface area contributed by atoms with Crippen LogP contribution in [0.2, 0.25) is 0 Å². The number of nitrogens with zero attached hydrogens (tertiary/aromatic N) is 5. The van der Waals surface area contributed by atoms with Gasteiger partial charge in [-0.1, -0.05) is 43.0 Å². The van der Waals surface area contributed by atoms with E-state index >= 15 is 0 Å². The van der Waals surface area contributed by atoms with Crippen molar-refractivity contribution in [1.29, 1.82) is 0 Å². The molecule has 1 aliphatic rings. The van der Waals surface area contributed by atoms with E-state index in [1.54, 1.807) is 11.6 Å². The van der Waals surface area contributed by atoms with Gasteiger partial charge in [-0.2, -0.15) is 4.68 Å².